The molecule has 0 unspecified atom stereocenters. The van der Waals surface area contributed by atoms with Gasteiger partial charge in [0.05, 0.1) is 0 Å². The second kappa shape index (κ2) is 5.04. The van der Waals surface area contributed by atoms with Crippen LogP contribution in [-0.2, 0) is 0 Å². The average Bonchev–Trinajstić information content (AvgIpc) is 2.77. The highest BCUT2D eigenvalue weighted by atomic mass is 16.1. The Labute approximate surface area is 124 Å². The number of carbonyl (C=O) groups is 1. The smallest absolute Gasteiger partial charge is 0.194 e. The Kier molecular flexibility index (Phi) is 3.54. The van der Waals surface area contributed by atoms with Crippen LogP contribution in [0.5, 0.6) is 0 Å². The first-order chi connectivity index (χ1) is 9.90. The number of hydrogen-bond acceptors (Lipinski definition) is 3. The lowest BCUT2D eigenvalue weighted by Gasteiger charge is -2.15. The highest BCUT2D eigenvalue weighted by Crippen LogP contribution is 2.44. The summed E-state index contributed by atoms with van der Waals surface area (Å²) in [6.45, 7) is 9.63. The Bertz CT molecular complexity index is 808. The number of Topliss-reactive ketones (excluding diaryl/α,β-unsaturated/α-hetero) is 1. The number of benzene rings is 1. The Hall–Kier alpha value is -2.65. The molecule has 104 valence electrons. The standard InChI is InChI=1S/C18H16N2O/c1-6-14-17(13(7-19)8-20)15-11(4)9(2)10(3)12(5)16(15)18(14)21/h6H,1-5H3/b14-6+. The third-order valence-corrected chi connectivity index (χ3v) is 4.44. The molecule has 0 heterocycles. The zero-order valence-corrected chi connectivity index (χ0v) is 12.9. The van der Waals surface area contributed by atoms with Crippen molar-refractivity contribution in [1.82, 2.24) is 0 Å². The molecule has 3 nitrogen and oxygen atoms in total. The van der Waals surface area contributed by atoms with Crippen LogP contribution in [0, 0.1) is 50.4 Å². The van der Waals surface area contributed by atoms with Gasteiger partial charge in [0.25, 0.3) is 0 Å². The third-order valence-electron chi connectivity index (χ3n) is 4.44. The van der Waals surface area contributed by atoms with Gasteiger partial charge in [-0.1, -0.05) is 6.08 Å². The summed E-state index contributed by atoms with van der Waals surface area (Å²) in [4.78, 5) is 12.7. The summed E-state index contributed by atoms with van der Waals surface area (Å²) in [5.41, 5.74) is 6.44. The van der Waals surface area contributed by atoms with Crippen molar-refractivity contribution in [1.29, 1.82) is 10.5 Å². The monoisotopic (exact) mass is 276 g/mol. The summed E-state index contributed by atoms with van der Waals surface area (Å²) < 4.78 is 0. The van der Waals surface area contributed by atoms with E-state index in [9.17, 15) is 15.3 Å². The van der Waals surface area contributed by atoms with E-state index in [4.69, 9.17) is 0 Å². The summed E-state index contributed by atoms with van der Waals surface area (Å²) in [5, 5.41) is 18.5. The molecule has 1 aliphatic carbocycles. The molecule has 1 aliphatic rings. The van der Waals surface area contributed by atoms with E-state index in [-0.39, 0.29) is 11.4 Å². The normalized spacial score (nSPS) is 14.9. The SMILES string of the molecule is C/C=C1/C(=O)c2c(C)c(C)c(C)c(C)c2C1=C(C#N)C#N. The topological polar surface area (TPSA) is 64.7 Å². The minimum Gasteiger partial charge on any atom is -0.289 e. The van der Waals surface area contributed by atoms with E-state index in [2.05, 4.69) is 0 Å². The van der Waals surface area contributed by atoms with Crippen molar-refractivity contribution in [2.75, 3.05) is 0 Å². The van der Waals surface area contributed by atoms with Crippen molar-refractivity contribution in [3.63, 3.8) is 0 Å². The fourth-order valence-corrected chi connectivity index (χ4v) is 2.96. The molecule has 0 N–H and O–H groups in total. The molecule has 1 aromatic rings. The molecule has 1 aromatic carbocycles. The molecular weight excluding hydrogens is 260 g/mol. The lowest BCUT2D eigenvalue weighted by Crippen LogP contribution is -2.03. The van der Waals surface area contributed by atoms with Crippen LogP contribution in [0.3, 0.4) is 0 Å². The van der Waals surface area contributed by atoms with Crippen molar-refractivity contribution >= 4 is 11.4 Å². The highest BCUT2D eigenvalue weighted by Gasteiger charge is 2.35. The summed E-state index contributed by atoms with van der Waals surface area (Å²) in [7, 11) is 0. The second-order valence-corrected chi connectivity index (χ2v) is 5.26. The fourth-order valence-electron chi connectivity index (χ4n) is 2.96. The second-order valence-electron chi connectivity index (χ2n) is 5.26. The molecule has 0 fully saturated rings. The van der Waals surface area contributed by atoms with Crippen LogP contribution in [0.2, 0.25) is 0 Å². The van der Waals surface area contributed by atoms with E-state index in [1.165, 1.54) is 0 Å². The van der Waals surface area contributed by atoms with Gasteiger partial charge in [0.15, 0.2) is 5.78 Å². The van der Waals surface area contributed by atoms with E-state index in [1.807, 2.05) is 39.8 Å². The largest absolute Gasteiger partial charge is 0.289 e. The highest BCUT2D eigenvalue weighted by molar-refractivity contribution is 6.28. The molecule has 0 amide bonds. The molecule has 0 spiro atoms. The van der Waals surface area contributed by atoms with Crippen molar-refractivity contribution in [2.24, 2.45) is 0 Å². The van der Waals surface area contributed by atoms with Gasteiger partial charge >= 0.3 is 0 Å². The number of fused-ring (bicyclic) bond motifs is 1. The van der Waals surface area contributed by atoms with Gasteiger partial charge in [0.1, 0.15) is 17.7 Å². The van der Waals surface area contributed by atoms with Gasteiger partial charge < -0.3 is 0 Å². The number of rotatable bonds is 0. The molecule has 2 rings (SSSR count). The van der Waals surface area contributed by atoms with Gasteiger partial charge in [-0.2, -0.15) is 10.5 Å². The first-order valence-corrected chi connectivity index (χ1v) is 6.77. The zero-order valence-electron chi connectivity index (χ0n) is 12.9. The molecular formula is C18H16N2O. The zero-order chi connectivity index (χ0) is 15.9. The first kappa shape index (κ1) is 14.8. The van der Waals surface area contributed by atoms with Crippen molar-refractivity contribution in [3.8, 4) is 12.1 Å². The summed E-state index contributed by atoms with van der Waals surface area (Å²) in [6.07, 6.45) is 1.69. The minimum absolute atomic E-state index is 0.000882. The molecule has 0 saturated heterocycles. The van der Waals surface area contributed by atoms with Crippen LogP contribution in [0.15, 0.2) is 17.2 Å². The Balaban J connectivity index is 3.10. The molecule has 0 atom stereocenters. The molecule has 0 radical (unpaired) electrons. The summed E-state index contributed by atoms with van der Waals surface area (Å²) >= 11 is 0. The van der Waals surface area contributed by atoms with Crippen LogP contribution in [0.1, 0.15) is 45.1 Å². The maximum Gasteiger partial charge on any atom is 0.194 e. The summed E-state index contributed by atoms with van der Waals surface area (Å²) in [5.74, 6) is -0.0887. The lowest BCUT2D eigenvalue weighted by molar-refractivity contribution is 0.104. The van der Waals surface area contributed by atoms with Crippen molar-refractivity contribution in [2.45, 2.75) is 34.6 Å². The van der Waals surface area contributed by atoms with E-state index < -0.39 is 0 Å². The van der Waals surface area contributed by atoms with Crippen LogP contribution in [-0.4, -0.2) is 5.78 Å². The quantitative estimate of drug-likeness (QED) is 0.533. The van der Waals surface area contributed by atoms with Crippen molar-refractivity contribution in [3.05, 3.63) is 50.6 Å². The minimum atomic E-state index is -0.0887. The van der Waals surface area contributed by atoms with Crippen LogP contribution < -0.4 is 0 Å². The number of carbonyl (C=O) groups excluding carboxylic acids is 1. The fraction of sp³-hybridized carbons (Fsp3) is 0.278. The van der Waals surface area contributed by atoms with Gasteiger partial charge in [0.2, 0.25) is 0 Å². The van der Waals surface area contributed by atoms with E-state index in [1.54, 1.807) is 13.0 Å². The Morgan fingerprint density at radius 3 is 1.81 bits per heavy atom. The predicted molar refractivity (Wildman–Crippen MR) is 81.6 cm³/mol. The van der Waals surface area contributed by atoms with Gasteiger partial charge in [-0.15, -0.1) is 0 Å². The Morgan fingerprint density at radius 1 is 0.905 bits per heavy atom. The Morgan fingerprint density at radius 2 is 1.38 bits per heavy atom. The number of nitrogens with zero attached hydrogens (tertiary/aromatic N) is 2. The maximum absolute atomic E-state index is 12.7. The molecule has 0 saturated carbocycles. The van der Waals surface area contributed by atoms with E-state index in [0.29, 0.717) is 16.7 Å². The number of ketones is 1. The third kappa shape index (κ3) is 1.82. The van der Waals surface area contributed by atoms with Gasteiger partial charge in [-0.3, -0.25) is 4.79 Å². The maximum atomic E-state index is 12.7. The predicted octanol–water partition coefficient (Wildman–Crippen LogP) is 3.86. The van der Waals surface area contributed by atoms with E-state index >= 15 is 0 Å². The number of nitriles is 2. The van der Waals surface area contributed by atoms with Crippen LogP contribution in [0.25, 0.3) is 5.57 Å². The molecule has 0 aliphatic heterocycles. The number of allylic oxidation sites excluding steroid dienone is 4. The average molecular weight is 276 g/mol. The van der Waals surface area contributed by atoms with E-state index in [0.717, 1.165) is 27.8 Å². The first-order valence-electron chi connectivity index (χ1n) is 6.77. The molecule has 0 aromatic heterocycles. The number of hydrogen-bond donors (Lipinski definition) is 0. The lowest BCUT2D eigenvalue weighted by atomic mass is 9.88. The summed E-state index contributed by atoms with van der Waals surface area (Å²) in [6, 6.07) is 3.85. The molecule has 0 bridgehead atoms. The van der Waals surface area contributed by atoms with Crippen LogP contribution in [0.4, 0.5) is 0 Å². The van der Waals surface area contributed by atoms with Gasteiger partial charge in [-0.25, -0.2) is 0 Å². The van der Waals surface area contributed by atoms with Crippen molar-refractivity contribution < 1.29 is 4.79 Å². The van der Waals surface area contributed by atoms with Gasteiger partial charge in [-0.05, 0) is 62.4 Å². The van der Waals surface area contributed by atoms with Crippen LogP contribution >= 0.6 is 0 Å². The molecule has 3 heteroatoms. The van der Waals surface area contributed by atoms with Gasteiger partial charge in [0, 0.05) is 16.7 Å². The molecule has 21 heavy (non-hydrogen) atoms.